The third-order valence-corrected chi connectivity index (χ3v) is 3.65. The Morgan fingerprint density at radius 1 is 1.00 bits per heavy atom. The van der Waals surface area contributed by atoms with Crippen LogP contribution in [0.5, 0.6) is 0 Å². The molecule has 0 radical (unpaired) electrons. The Bertz CT molecular complexity index is 761. The number of imidazole rings is 1. The van der Waals surface area contributed by atoms with Gasteiger partial charge in [-0.15, -0.1) is 0 Å². The van der Waals surface area contributed by atoms with E-state index in [9.17, 15) is 0 Å². The zero-order valence-corrected chi connectivity index (χ0v) is 12.8. The van der Waals surface area contributed by atoms with Crippen LogP contribution in [-0.2, 0) is 12.0 Å². The summed E-state index contributed by atoms with van der Waals surface area (Å²) in [5.74, 6) is 1.11. The summed E-state index contributed by atoms with van der Waals surface area (Å²) < 4.78 is 2.31. The summed E-state index contributed by atoms with van der Waals surface area (Å²) in [6.45, 7) is 7.42. The molecule has 3 nitrogen and oxygen atoms in total. The second-order valence-electron chi connectivity index (χ2n) is 6.50. The number of hydrogen-bond donors (Lipinski definition) is 1. The van der Waals surface area contributed by atoms with Crippen LogP contribution in [0.25, 0.3) is 11.0 Å². The average molecular weight is 279 g/mol. The molecule has 0 atom stereocenters. The van der Waals surface area contributed by atoms with Crippen molar-refractivity contribution in [2.75, 3.05) is 5.73 Å². The molecule has 0 bridgehead atoms. The summed E-state index contributed by atoms with van der Waals surface area (Å²) in [6.07, 6.45) is 0. The topological polar surface area (TPSA) is 43.8 Å². The molecule has 0 saturated carbocycles. The molecule has 3 aromatic rings. The number of fused-ring (bicyclic) bond motifs is 1. The zero-order chi connectivity index (χ0) is 15.0. The van der Waals surface area contributed by atoms with E-state index in [1.165, 1.54) is 11.1 Å². The lowest BCUT2D eigenvalue weighted by Crippen LogP contribution is -2.19. The Morgan fingerprint density at radius 2 is 1.67 bits per heavy atom. The molecular weight excluding hydrogens is 258 g/mol. The molecule has 3 rings (SSSR count). The molecule has 3 heteroatoms. The molecule has 0 aliphatic carbocycles. The highest BCUT2D eigenvalue weighted by atomic mass is 15.1. The second-order valence-corrected chi connectivity index (χ2v) is 6.50. The van der Waals surface area contributed by atoms with Crippen molar-refractivity contribution in [3.63, 3.8) is 0 Å². The van der Waals surface area contributed by atoms with E-state index in [2.05, 4.69) is 55.7 Å². The number of aromatic nitrogens is 2. The molecule has 0 aliphatic heterocycles. The minimum absolute atomic E-state index is 0.00677. The van der Waals surface area contributed by atoms with Crippen LogP contribution in [0.15, 0.2) is 48.5 Å². The number of anilines is 1. The van der Waals surface area contributed by atoms with Gasteiger partial charge in [0, 0.05) is 17.6 Å². The maximum Gasteiger partial charge on any atom is 0.115 e. The fraction of sp³-hybridized carbons (Fsp3) is 0.278. The van der Waals surface area contributed by atoms with Crippen LogP contribution in [0.4, 0.5) is 5.69 Å². The number of benzene rings is 2. The molecule has 1 aromatic heterocycles. The minimum atomic E-state index is 0.00677. The maximum atomic E-state index is 5.77. The van der Waals surface area contributed by atoms with E-state index in [0.29, 0.717) is 0 Å². The van der Waals surface area contributed by atoms with Crippen molar-refractivity contribution in [2.24, 2.45) is 0 Å². The molecule has 2 aromatic carbocycles. The lowest BCUT2D eigenvalue weighted by molar-refractivity contribution is 0.516. The van der Waals surface area contributed by atoms with Gasteiger partial charge >= 0.3 is 0 Å². The van der Waals surface area contributed by atoms with Gasteiger partial charge in [-0.25, -0.2) is 4.98 Å². The lowest BCUT2D eigenvalue weighted by Gasteiger charge is -2.20. The normalized spacial score (nSPS) is 12.0. The van der Waals surface area contributed by atoms with E-state index in [1.54, 1.807) is 0 Å². The van der Waals surface area contributed by atoms with Gasteiger partial charge < -0.3 is 10.3 Å². The zero-order valence-electron chi connectivity index (χ0n) is 12.8. The highest BCUT2D eigenvalue weighted by molar-refractivity contribution is 5.76. The van der Waals surface area contributed by atoms with Gasteiger partial charge in [-0.3, -0.25) is 0 Å². The van der Waals surface area contributed by atoms with Crippen LogP contribution in [0.3, 0.4) is 0 Å². The van der Waals surface area contributed by atoms with E-state index >= 15 is 0 Å². The highest BCUT2D eigenvalue weighted by Gasteiger charge is 2.22. The van der Waals surface area contributed by atoms with Gasteiger partial charge in [-0.1, -0.05) is 45.0 Å². The average Bonchev–Trinajstić information content (AvgIpc) is 2.81. The number of nitrogen functional groups attached to an aromatic ring is 1. The first-order valence-electron chi connectivity index (χ1n) is 7.25. The SMILES string of the molecule is CC(C)(C)c1nc2ccccc2n1Cc1ccc(N)cc1. The first kappa shape index (κ1) is 13.7. The Morgan fingerprint density at radius 3 is 2.33 bits per heavy atom. The minimum Gasteiger partial charge on any atom is -0.399 e. The van der Waals surface area contributed by atoms with Crippen LogP contribution < -0.4 is 5.73 Å². The van der Waals surface area contributed by atoms with Crippen molar-refractivity contribution < 1.29 is 0 Å². The number of para-hydroxylation sites is 2. The Balaban J connectivity index is 2.13. The number of rotatable bonds is 2. The smallest absolute Gasteiger partial charge is 0.115 e. The third-order valence-electron chi connectivity index (χ3n) is 3.65. The van der Waals surface area contributed by atoms with Gasteiger partial charge in [0.15, 0.2) is 0 Å². The quantitative estimate of drug-likeness (QED) is 0.721. The summed E-state index contributed by atoms with van der Waals surface area (Å²) >= 11 is 0. The largest absolute Gasteiger partial charge is 0.399 e. The van der Waals surface area contributed by atoms with E-state index in [1.807, 2.05) is 18.2 Å². The van der Waals surface area contributed by atoms with Crippen LogP contribution >= 0.6 is 0 Å². The molecule has 0 amide bonds. The number of nitrogens with zero attached hydrogens (tertiary/aromatic N) is 2. The van der Waals surface area contributed by atoms with Gasteiger partial charge in [-0.05, 0) is 29.8 Å². The summed E-state index contributed by atoms with van der Waals surface area (Å²) in [6, 6.07) is 16.4. The molecule has 108 valence electrons. The standard InChI is InChI=1S/C18H21N3/c1-18(2,3)17-20-15-6-4-5-7-16(15)21(17)12-13-8-10-14(19)11-9-13/h4-11H,12,19H2,1-3H3. The summed E-state index contributed by atoms with van der Waals surface area (Å²) in [5, 5.41) is 0. The van der Waals surface area contributed by atoms with Gasteiger partial charge in [0.25, 0.3) is 0 Å². The fourth-order valence-corrected chi connectivity index (χ4v) is 2.61. The molecule has 2 N–H and O–H groups in total. The molecule has 0 fully saturated rings. The van der Waals surface area contributed by atoms with Gasteiger partial charge in [0.2, 0.25) is 0 Å². The molecule has 21 heavy (non-hydrogen) atoms. The van der Waals surface area contributed by atoms with Crippen molar-refractivity contribution in [3.8, 4) is 0 Å². The monoisotopic (exact) mass is 279 g/mol. The first-order chi connectivity index (χ1) is 9.95. The molecule has 0 saturated heterocycles. The van der Waals surface area contributed by atoms with Gasteiger partial charge in [0.1, 0.15) is 5.82 Å². The van der Waals surface area contributed by atoms with Gasteiger partial charge in [-0.2, -0.15) is 0 Å². The van der Waals surface area contributed by atoms with Gasteiger partial charge in [0.05, 0.1) is 11.0 Å². The molecule has 0 aliphatic rings. The van der Waals surface area contributed by atoms with E-state index < -0.39 is 0 Å². The predicted octanol–water partition coefficient (Wildman–Crippen LogP) is 3.96. The lowest BCUT2D eigenvalue weighted by atomic mass is 9.95. The maximum absolute atomic E-state index is 5.77. The molecular formula is C18H21N3. The second kappa shape index (κ2) is 4.92. The van der Waals surface area contributed by atoms with Crippen LogP contribution in [0.2, 0.25) is 0 Å². The Kier molecular flexibility index (Phi) is 3.20. The molecule has 0 unspecified atom stereocenters. The Labute approximate surface area is 125 Å². The first-order valence-corrected chi connectivity index (χ1v) is 7.25. The summed E-state index contributed by atoms with van der Waals surface area (Å²) in [7, 11) is 0. The van der Waals surface area contributed by atoms with E-state index in [-0.39, 0.29) is 5.41 Å². The predicted molar refractivity (Wildman–Crippen MR) is 88.4 cm³/mol. The van der Waals surface area contributed by atoms with Crippen molar-refractivity contribution in [2.45, 2.75) is 32.7 Å². The van der Waals surface area contributed by atoms with Crippen LogP contribution in [0, 0.1) is 0 Å². The van der Waals surface area contributed by atoms with E-state index in [0.717, 1.165) is 23.6 Å². The van der Waals surface area contributed by atoms with Crippen molar-refractivity contribution in [3.05, 3.63) is 59.9 Å². The van der Waals surface area contributed by atoms with Crippen molar-refractivity contribution >= 4 is 16.7 Å². The highest BCUT2D eigenvalue weighted by Crippen LogP contribution is 2.27. The number of hydrogen-bond acceptors (Lipinski definition) is 2. The summed E-state index contributed by atoms with van der Waals surface area (Å²) in [5.41, 5.74) is 10.0. The third kappa shape index (κ3) is 2.64. The molecule has 1 heterocycles. The molecule has 0 spiro atoms. The van der Waals surface area contributed by atoms with Crippen molar-refractivity contribution in [1.29, 1.82) is 0 Å². The van der Waals surface area contributed by atoms with Crippen molar-refractivity contribution in [1.82, 2.24) is 9.55 Å². The van der Waals surface area contributed by atoms with E-state index in [4.69, 9.17) is 10.7 Å². The van der Waals surface area contributed by atoms with Crippen LogP contribution in [-0.4, -0.2) is 9.55 Å². The fourth-order valence-electron chi connectivity index (χ4n) is 2.61. The van der Waals surface area contributed by atoms with Crippen LogP contribution in [0.1, 0.15) is 32.2 Å². The summed E-state index contributed by atoms with van der Waals surface area (Å²) in [4.78, 5) is 4.84. The number of nitrogens with two attached hydrogens (primary N) is 1. The Hall–Kier alpha value is -2.29.